The van der Waals surface area contributed by atoms with Gasteiger partial charge in [0.15, 0.2) is 0 Å². The fourth-order valence-corrected chi connectivity index (χ4v) is 3.41. The van der Waals surface area contributed by atoms with Crippen LogP contribution in [-0.4, -0.2) is 23.1 Å². The van der Waals surface area contributed by atoms with E-state index in [4.69, 9.17) is 5.73 Å². The molecule has 0 heterocycles. The van der Waals surface area contributed by atoms with Gasteiger partial charge in [-0.1, -0.05) is 35.8 Å². The van der Waals surface area contributed by atoms with E-state index in [9.17, 15) is 14.0 Å². The maximum atomic E-state index is 13.7. The van der Waals surface area contributed by atoms with Gasteiger partial charge in [0.1, 0.15) is 11.4 Å². The maximum Gasteiger partial charge on any atom is 0.242 e. The first kappa shape index (κ1) is 20.0. The highest BCUT2D eigenvalue weighted by Crippen LogP contribution is 2.20. The van der Waals surface area contributed by atoms with Gasteiger partial charge in [-0.3, -0.25) is 9.59 Å². The summed E-state index contributed by atoms with van der Waals surface area (Å²) in [6, 6.07) is 4.82. The Labute approximate surface area is 148 Å². The number of carbonyl (C=O) groups excluding carboxylic acids is 2. The Balaban J connectivity index is 2.54. The average molecular weight is 405 g/mol. The lowest BCUT2D eigenvalue weighted by Crippen LogP contribution is -2.56. The quantitative estimate of drug-likeness (QED) is 0.698. The largest absolute Gasteiger partial charge is 0.368 e. The number of thioether (sulfide) groups is 1. The van der Waals surface area contributed by atoms with Crippen LogP contribution in [0.3, 0.4) is 0 Å². The van der Waals surface area contributed by atoms with Crippen molar-refractivity contribution in [3.05, 3.63) is 34.1 Å². The fourth-order valence-electron chi connectivity index (χ4n) is 2.27. The molecular formula is C16H22BrFN2O2S. The molecule has 128 valence electrons. The number of nitrogens with one attached hydrogen (secondary N) is 1. The standard InChI is InChI=1S/C16H22BrFN2O2S/c1-10(2)7-16(3,15(19)22)20-14(21)9-23-8-11-4-5-12(17)6-13(11)18/h4-6,10H,7-9H2,1-3H3,(H2,19,22)(H,20,21). The highest BCUT2D eigenvalue weighted by molar-refractivity contribution is 9.10. The van der Waals surface area contributed by atoms with E-state index in [1.165, 1.54) is 17.8 Å². The van der Waals surface area contributed by atoms with E-state index in [0.717, 1.165) is 0 Å². The summed E-state index contributed by atoms with van der Waals surface area (Å²) in [4.78, 5) is 23.6. The molecule has 0 fully saturated rings. The Morgan fingerprint density at radius 1 is 1.43 bits per heavy atom. The smallest absolute Gasteiger partial charge is 0.242 e. The summed E-state index contributed by atoms with van der Waals surface area (Å²) in [5, 5.41) is 2.70. The van der Waals surface area contributed by atoms with E-state index < -0.39 is 11.4 Å². The molecule has 0 aliphatic rings. The number of benzene rings is 1. The summed E-state index contributed by atoms with van der Waals surface area (Å²) in [6.07, 6.45) is 0.472. The monoisotopic (exact) mass is 404 g/mol. The number of hydrogen-bond acceptors (Lipinski definition) is 3. The van der Waals surface area contributed by atoms with Crippen molar-refractivity contribution in [3.63, 3.8) is 0 Å². The molecule has 1 atom stereocenters. The molecular weight excluding hydrogens is 383 g/mol. The van der Waals surface area contributed by atoms with Gasteiger partial charge in [-0.05, 0) is 37.0 Å². The zero-order chi connectivity index (χ0) is 17.6. The Morgan fingerprint density at radius 2 is 2.09 bits per heavy atom. The van der Waals surface area contributed by atoms with Crippen molar-refractivity contribution < 1.29 is 14.0 Å². The van der Waals surface area contributed by atoms with E-state index in [1.807, 2.05) is 13.8 Å². The minimum atomic E-state index is -1.06. The second-order valence-corrected chi connectivity index (χ2v) is 7.97. The van der Waals surface area contributed by atoms with E-state index in [0.29, 0.717) is 22.2 Å². The minimum Gasteiger partial charge on any atom is -0.368 e. The molecule has 0 aromatic heterocycles. The zero-order valence-electron chi connectivity index (χ0n) is 13.5. The van der Waals surface area contributed by atoms with Crippen LogP contribution in [0.15, 0.2) is 22.7 Å². The molecule has 4 nitrogen and oxygen atoms in total. The molecule has 1 unspecified atom stereocenters. The second kappa shape index (κ2) is 8.68. The minimum absolute atomic E-state index is 0.135. The number of nitrogens with two attached hydrogens (primary N) is 1. The number of primary amides is 1. The van der Waals surface area contributed by atoms with Gasteiger partial charge in [-0.15, -0.1) is 11.8 Å². The van der Waals surface area contributed by atoms with Crippen molar-refractivity contribution in [2.24, 2.45) is 11.7 Å². The Kier molecular flexibility index (Phi) is 7.54. The van der Waals surface area contributed by atoms with E-state index in [1.54, 1.807) is 19.1 Å². The van der Waals surface area contributed by atoms with Gasteiger partial charge in [0.05, 0.1) is 5.75 Å². The summed E-state index contributed by atoms with van der Waals surface area (Å²) in [6.45, 7) is 5.54. The summed E-state index contributed by atoms with van der Waals surface area (Å²) >= 11 is 4.49. The molecule has 0 aliphatic heterocycles. The van der Waals surface area contributed by atoms with Gasteiger partial charge in [-0.25, -0.2) is 4.39 Å². The van der Waals surface area contributed by atoms with Crippen LogP contribution in [0.25, 0.3) is 0 Å². The molecule has 1 aromatic carbocycles. The summed E-state index contributed by atoms with van der Waals surface area (Å²) < 4.78 is 14.4. The fraction of sp³-hybridized carbons (Fsp3) is 0.500. The lowest BCUT2D eigenvalue weighted by atomic mass is 9.90. The van der Waals surface area contributed by atoms with Crippen LogP contribution in [-0.2, 0) is 15.3 Å². The maximum absolute atomic E-state index is 13.7. The first-order valence-corrected chi connectivity index (χ1v) is 9.21. The number of halogens is 2. The summed E-state index contributed by atoms with van der Waals surface area (Å²) in [5.41, 5.74) is 4.88. The predicted octanol–water partition coefficient (Wildman–Crippen LogP) is 3.23. The van der Waals surface area contributed by atoms with Gasteiger partial charge in [0, 0.05) is 10.2 Å². The molecule has 0 aliphatic carbocycles. The highest BCUT2D eigenvalue weighted by atomic mass is 79.9. The van der Waals surface area contributed by atoms with Crippen LogP contribution >= 0.6 is 27.7 Å². The Morgan fingerprint density at radius 3 is 2.61 bits per heavy atom. The topological polar surface area (TPSA) is 72.2 Å². The van der Waals surface area contributed by atoms with Crippen LogP contribution in [0.1, 0.15) is 32.8 Å². The van der Waals surface area contributed by atoms with Crippen molar-refractivity contribution in [1.82, 2.24) is 5.32 Å². The van der Waals surface area contributed by atoms with Crippen LogP contribution < -0.4 is 11.1 Å². The van der Waals surface area contributed by atoms with Gasteiger partial charge in [0.2, 0.25) is 11.8 Å². The van der Waals surface area contributed by atoms with Gasteiger partial charge < -0.3 is 11.1 Å². The molecule has 1 rings (SSSR count). The molecule has 0 spiro atoms. The third-order valence-corrected chi connectivity index (χ3v) is 4.76. The normalized spacial score (nSPS) is 13.7. The molecule has 0 bridgehead atoms. The van der Waals surface area contributed by atoms with Crippen molar-refractivity contribution >= 4 is 39.5 Å². The molecule has 0 saturated carbocycles. The summed E-state index contributed by atoms with van der Waals surface area (Å²) in [5.74, 6) is -0.412. The van der Waals surface area contributed by atoms with E-state index in [2.05, 4.69) is 21.2 Å². The van der Waals surface area contributed by atoms with Crippen molar-refractivity contribution in [3.8, 4) is 0 Å². The number of hydrogen-bond donors (Lipinski definition) is 2. The van der Waals surface area contributed by atoms with E-state index >= 15 is 0 Å². The number of amides is 2. The van der Waals surface area contributed by atoms with Gasteiger partial charge >= 0.3 is 0 Å². The lowest BCUT2D eigenvalue weighted by Gasteiger charge is -2.29. The average Bonchev–Trinajstić information content (AvgIpc) is 2.40. The van der Waals surface area contributed by atoms with Gasteiger partial charge in [0.25, 0.3) is 0 Å². The molecule has 2 amide bonds. The summed E-state index contributed by atoms with van der Waals surface area (Å²) in [7, 11) is 0. The Hall–Kier alpha value is -1.08. The van der Waals surface area contributed by atoms with E-state index in [-0.39, 0.29) is 23.4 Å². The van der Waals surface area contributed by atoms with Gasteiger partial charge in [-0.2, -0.15) is 0 Å². The van der Waals surface area contributed by atoms with Crippen molar-refractivity contribution in [2.75, 3.05) is 5.75 Å². The predicted molar refractivity (Wildman–Crippen MR) is 95.5 cm³/mol. The van der Waals surface area contributed by atoms with Crippen LogP contribution in [0, 0.1) is 11.7 Å². The zero-order valence-corrected chi connectivity index (χ0v) is 15.9. The molecule has 0 radical (unpaired) electrons. The first-order chi connectivity index (χ1) is 10.6. The molecule has 1 aromatic rings. The third-order valence-electron chi connectivity index (χ3n) is 3.28. The van der Waals surface area contributed by atoms with Crippen molar-refractivity contribution in [1.29, 1.82) is 0 Å². The number of carbonyl (C=O) groups is 2. The molecule has 3 N–H and O–H groups in total. The first-order valence-electron chi connectivity index (χ1n) is 7.26. The Bertz CT molecular complexity index is 583. The van der Waals surface area contributed by atoms with Crippen LogP contribution in [0.4, 0.5) is 4.39 Å². The molecule has 0 saturated heterocycles. The second-order valence-electron chi connectivity index (χ2n) is 6.07. The highest BCUT2D eigenvalue weighted by Gasteiger charge is 2.33. The molecule has 7 heteroatoms. The lowest BCUT2D eigenvalue weighted by molar-refractivity contribution is -0.130. The SMILES string of the molecule is CC(C)CC(C)(NC(=O)CSCc1ccc(Br)cc1F)C(N)=O. The molecule has 23 heavy (non-hydrogen) atoms. The van der Waals surface area contributed by atoms with Crippen molar-refractivity contribution in [2.45, 2.75) is 38.5 Å². The van der Waals surface area contributed by atoms with Crippen LogP contribution in [0.5, 0.6) is 0 Å². The van der Waals surface area contributed by atoms with Crippen LogP contribution in [0.2, 0.25) is 0 Å². The third kappa shape index (κ3) is 6.51. The number of rotatable bonds is 8.